The van der Waals surface area contributed by atoms with E-state index in [1.165, 1.54) is 4.68 Å². The van der Waals surface area contributed by atoms with Gasteiger partial charge in [-0.05, 0) is 6.92 Å². The molecule has 1 N–H and O–H groups in total. The molecule has 1 aromatic rings. The first-order valence-corrected chi connectivity index (χ1v) is 5.34. The van der Waals surface area contributed by atoms with Crippen molar-refractivity contribution in [3.05, 3.63) is 22.0 Å². The SMILES string of the molecule is CCn1ncc([N+](=O)[O-])c1C(=O)NCCS. The zero-order valence-electron chi connectivity index (χ0n) is 8.71. The molecule has 0 saturated heterocycles. The number of aryl methyl sites for hydroxylation is 1. The Hall–Kier alpha value is -1.57. The summed E-state index contributed by atoms with van der Waals surface area (Å²) < 4.78 is 1.30. The topological polar surface area (TPSA) is 90.1 Å². The van der Waals surface area contributed by atoms with Crippen molar-refractivity contribution >= 4 is 24.2 Å². The Labute approximate surface area is 97.4 Å². The smallest absolute Gasteiger partial charge is 0.320 e. The van der Waals surface area contributed by atoms with Gasteiger partial charge in [0.1, 0.15) is 6.20 Å². The van der Waals surface area contributed by atoms with Crippen LogP contribution in [-0.2, 0) is 6.54 Å². The zero-order valence-corrected chi connectivity index (χ0v) is 9.61. The Bertz CT molecular complexity index is 404. The van der Waals surface area contributed by atoms with Gasteiger partial charge in [-0.15, -0.1) is 0 Å². The van der Waals surface area contributed by atoms with Crippen LogP contribution in [0.1, 0.15) is 17.4 Å². The lowest BCUT2D eigenvalue weighted by Gasteiger charge is -2.04. The van der Waals surface area contributed by atoms with Crippen LogP contribution in [0, 0.1) is 10.1 Å². The van der Waals surface area contributed by atoms with E-state index in [-0.39, 0.29) is 11.4 Å². The summed E-state index contributed by atoms with van der Waals surface area (Å²) >= 11 is 3.94. The third-order valence-electron chi connectivity index (χ3n) is 1.93. The summed E-state index contributed by atoms with van der Waals surface area (Å²) in [5.41, 5.74) is -0.298. The van der Waals surface area contributed by atoms with Gasteiger partial charge in [0.05, 0.1) is 4.92 Å². The van der Waals surface area contributed by atoms with E-state index < -0.39 is 10.8 Å². The van der Waals surface area contributed by atoms with Crippen LogP contribution in [0.2, 0.25) is 0 Å². The molecule has 1 rings (SSSR count). The quantitative estimate of drug-likeness (QED) is 0.447. The predicted molar refractivity (Wildman–Crippen MR) is 60.7 cm³/mol. The van der Waals surface area contributed by atoms with Gasteiger partial charge >= 0.3 is 5.69 Å². The number of nitrogens with one attached hydrogen (secondary N) is 1. The molecule has 0 aliphatic heterocycles. The predicted octanol–water partition coefficient (Wildman–Crippen LogP) is 0.471. The molecule has 0 aliphatic carbocycles. The third kappa shape index (κ3) is 2.51. The van der Waals surface area contributed by atoms with Gasteiger partial charge in [0, 0.05) is 18.8 Å². The van der Waals surface area contributed by atoms with E-state index in [0.717, 1.165) is 6.20 Å². The molecular formula is C8H12N4O3S. The molecular weight excluding hydrogens is 232 g/mol. The standard InChI is InChI=1S/C8H12N4O3S/c1-2-11-7(8(13)9-3-4-16)6(5-10-11)12(14)15/h5,16H,2-4H2,1H3,(H,9,13). The number of aromatic nitrogens is 2. The van der Waals surface area contributed by atoms with Crippen molar-refractivity contribution in [2.75, 3.05) is 12.3 Å². The van der Waals surface area contributed by atoms with Gasteiger partial charge in [-0.1, -0.05) is 0 Å². The van der Waals surface area contributed by atoms with E-state index in [1.54, 1.807) is 6.92 Å². The lowest BCUT2D eigenvalue weighted by atomic mass is 10.3. The Morgan fingerprint density at radius 2 is 2.44 bits per heavy atom. The van der Waals surface area contributed by atoms with Crippen LogP contribution in [0.3, 0.4) is 0 Å². The Morgan fingerprint density at radius 1 is 1.75 bits per heavy atom. The zero-order chi connectivity index (χ0) is 12.1. The number of amides is 1. The minimum Gasteiger partial charge on any atom is -0.350 e. The highest BCUT2D eigenvalue weighted by Gasteiger charge is 2.25. The molecule has 16 heavy (non-hydrogen) atoms. The molecule has 8 heteroatoms. The van der Waals surface area contributed by atoms with Gasteiger partial charge in [0.15, 0.2) is 0 Å². The van der Waals surface area contributed by atoms with Crippen molar-refractivity contribution in [3.8, 4) is 0 Å². The van der Waals surface area contributed by atoms with E-state index in [2.05, 4.69) is 23.0 Å². The summed E-state index contributed by atoms with van der Waals surface area (Å²) in [6.45, 7) is 2.51. The molecule has 88 valence electrons. The number of hydrogen-bond donors (Lipinski definition) is 2. The monoisotopic (exact) mass is 244 g/mol. The van der Waals surface area contributed by atoms with Crippen LogP contribution in [0.4, 0.5) is 5.69 Å². The first-order valence-electron chi connectivity index (χ1n) is 4.71. The minimum absolute atomic E-state index is 0.0192. The molecule has 0 unspecified atom stereocenters. The summed E-state index contributed by atoms with van der Waals surface area (Å²) in [7, 11) is 0. The molecule has 7 nitrogen and oxygen atoms in total. The van der Waals surface area contributed by atoms with Gasteiger partial charge in [0.25, 0.3) is 5.91 Å². The van der Waals surface area contributed by atoms with E-state index >= 15 is 0 Å². The average Bonchev–Trinajstić information content (AvgIpc) is 2.69. The lowest BCUT2D eigenvalue weighted by molar-refractivity contribution is -0.385. The van der Waals surface area contributed by atoms with E-state index in [9.17, 15) is 14.9 Å². The van der Waals surface area contributed by atoms with Crippen molar-refractivity contribution in [2.24, 2.45) is 0 Å². The number of hydrogen-bond acceptors (Lipinski definition) is 5. The van der Waals surface area contributed by atoms with Crippen LogP contribution in [0.5, 0.6) is 0 Å². The summed E-state index contributed by atoms with van der Waals surface area (Å²) in [5, 5.41) is 17.0. The average molecular weight is 244 g/mol. The molecule has 0 saturated carbocycles. The Balaban J connectivity index is 3.03. The molecule has 0 aromatic carbocycles. The fraction of sp³-hybridized carbons (Fsp3) is 0.500. The van der Waals surface area contributed by atoms with Gasteiger partial charge in [-0.25, -0.2) is 0 Å². The van der Waals surface area contributed by atoms with Gasteiger partial charge in [-0.3, -0.25) is 19.6 Å². The first-order chi connectivity index (χ1) is 7.61. The molecule has 1 heterocycles. The highest BCUT2D eigenvalue weighted by molar-refractivity contribution is 7.80. The van der Waals surface area contributed by atoms with E-state index in [1.807, 2.05) is 0 Å². The maximum atomic E-state index is 11.7. The second-order valence-electron chi connectivity index (χ2n) is 2.93. The highest BCUT2D eigenvalue weighted by Crippen LogP contribution is 2.17. The second kappa shape index (κ2) is 5.50. The van der Waals surface area contributed by atoms with Gasteiger partial charge in [-0.2, -0.15) is 17.7 Å². The van der Waals surface area contributed by atoms with Crippen molar-refractivity contribution in [1.29, 1.82) is 0 Å². The number of carbonyl (C=O) groups excluding carboxylic acids is 1. The second-order valence-corrected chi connectivity index (χ2v) is 3.38. The van der Waals surface area contributed by atoms with Crippen molar-refractivity contribution in [1.82, 2.24) is 15.1 Å². The number of nitrogens with zero attached hydrogens (tertiary/aromatic N) is 3. The van der Waals surface area contributed by atoms with E-state index in [4.69, 9.17) is 0 Å². The van der Waals surface area contributed by atoms with Crippen LogP contribution in [0.15, 0.2) is 6.20 Å². The molecule has 1 amide bonds. The van der Waals surface area contributed by atoms with Crippen molar-refractivity contribution < 1.29 is 9.72 Å². The van der Waals surface area contributed by atoms with Crippen LogP contribution >= 0.6 is 12.6 Å². The molecule has 0 aliphatic rings. The minimum atomic E-state index is -0.616. The maximum Gasteiger partial charge on any atom is 0.320 e. The van der Waals surface area contributed by atoms with Crippen LogP contribution in [0.25, 0.3) is 0 Å². The summed E-state index contributed by atoms with van der Waals surface area (Å²) in [5.74, 6) is -0.0279. The Morgan fingerprint density at radius 3 is 2.94 bits per heavy atom. The highest BCUT2D eigenvalue weighted by atomic mass is 32.1. The Kier molecular flexibility index (Phi) is 4.29. The fourth-order valence-corrected chi connectivity index (χ4v) is 1.35. The lowest BCUT2D eigenvalue weighted by Crippen LogP contribution is -2.28. The summed E-state index contributed by atoms with van der Waals surface area (Å²) in [6.07, 6.45) is 1.08. The molecule has 0 spiro atoms. The number of rotatable bonds is 5. The normalized spacial score (nSPS) is 10.1. The molecule has 0 atom stereocenters. The number of thiol groups is 1. The van der Waals surface area contributed by atoms with E-state index in [0.29, 0.717) is 18.8 Å². The number of carbonyl (C=O) groups is 1. The molecule has 1 aromatic heterocycles. The third-order valence-corrected chi connectivity index (χ3v) is 2.15. The van der Waals surface area contributed by atoms with Crippen molar-refractivity contribution in [3.63, 3.8) is 0 Å². The maximum absolute atomic E-state index is 11.7. The molecule has 0 radical (unpaired) electrons. The molecule has 0 bridgehead atoms. The van der Waals surface area contributed by atoms with Crippen molar-refractivity contribution in [2.45, 2.75) is 13.5 Å². The fourth-order valence-electron chi connectivity index (χ4n) is 1.24. The molecule has 0 fully saturated rings. The summed E-state index contributed by atoms with van der Waals surface area (Å²) in [6, 6.07) is 0. The van der Waals surface area contributed by atoms with Gasteiger partial charge < -0.3 is 5.32 Å². The summed E-state index contributed by atoms with van der Waals surface area (Å²) in [4.78, 5) is 21.7. The van der Waals surface area contributed by atoms with Gasteiger partial charge in [0.2, 0.25) is 5.69 Å². The largest absolute Gasteiger partial charge is 0.350 e. The van der Waals surface area contributed by atoms with Crippen LogP contribution in [-0.4, -0.2) is 32.9 Å². The number of nitro groups is 1. The first kappa shape index (κ1) is 12.5. The van der Waals surface area contributed by atoms with Crippen LogP contribution < -0.4 is 5.32 Å².